The zero-order valence-corrected chi connectivity index (χ0v) is 13.9. The number of benzene rings is 1. The molecule has 1 aromatic carbocycles. The van der Waals surface area contributed by atoms with Crippen molar-refractivity contribution in [3.63, 3.8) is 0 Å². The molecule has 3 heterocycles. The Morgan fingerprint density at radius 2 is 1.92 bits per heavy atom. The van der Waals surface area contributed by atoms with Crippen LogP contribution >= 0.6 is 0 Å². The van der Waals surface area contributed by atoms with Gasteiger partial charge in [0.05, 0.1) is 14.2 Å². The molecule has 0 radical (unpaired) electrons. The highest BCUT2D eigenvalue weighted by Crippen LogP contribution is 2.49. The summed E-state index contributed by atoms with van der Waals surface area (Å²) in [6.45, 7) is 0. The van der Waals surface area contributed by atoms with Gasteiger partial charge in [0.1, 0.15) is 11.3 Å². The molecule has 0 aromatic heterocycles. The van der Waals surface area contributed by atoms with Crippen molar-refractivity contribution < 1.29 is 28.6 Å². The standard InChI is InChI=1S/C17H15N3O6/c1-24-13(21)11-12(14(22)25-2)20-8-7-18-16(20)26-17(11)9-5-3-4-6-10(9)19-15(17)23/h3-8,16,18H,1-2H3,(H,19,23)/t16-,17?/m0/s1. The number of anilines is 1. The van der Waals surface area contributed by atoms with E-state index in [1.54, 1.807) is 30.5 Å². The summed E-state index contributed by atoms with van der Waals surface area (Å²) in [7, 11) is 2.36. The monoisotopic (exact) mass is 357 g/mol. The number of carbonyl (C=O) groups is 3. The van der Waals surface area contributed by atoms with Crippen molar-refractivity contribution in [1.29, 1.82) is 0 Å². The average molecular weight is 357 g/mol. The van der Waals surface area contributed by atoms with E-state index in [1.807, 2.05) is 0 Å². The van der Waals surface area contributed by atoms with E-state index in [0.717, 1.165) is 0 Å². The van der Waals surface area contributed by atoms with Crippen LogP contribution in [0.25, 0.3) is 0 Å². The first kappa shape index (κ1) is 16.2. The topological polar surface area (TPSA) is 106 Å². The third-order valence-electron chi connectivity index (χ3n) is 4.50. The molecule has 134 valence electrons. The largest absolute Gasteiger partial charge is 0.465 e. The Labute approximate surface area is 148 Å². The number of nitrogens with one attached hydrogen (secondary N) is 2. The average Bonchev–Trinajstić information content (AvgIpc) is 3.23. The van der Waals surface area contributed by atoms with E-state index in [9.17, 15) is 14.4 Å². The zero-order valence-electron chi connectivity index (χ0n) is 13.9. The Kier molecular flexibility index (Phi) is 3.48. The lowest BCUT2D eigenvalue weighted by Crippen LogP contribution is -2.56. The summed E-state index contributed by atoms with van der Waals surface area (Å²) in [4.78, 5) is 39.6. The molecule has 4 rings (SSSR count). The molecule has 3 aliphatic heterocycles. The van der Waals surface area contributed by atoms with Gasteiger partial charge in [0.25, 0.3) is 5.91 Å². The van der Waals surface area contributed by atoms with Gasteiger partial charge >= 0.3 is 11.9 Å². The van der Waals surface area contributed by atoms with Crippen LogP contribution in [0.1, 0.15) is 5.56 Å². The molecule has 9 nitrogen and oxygen atoms in total. The zero-order chi connectivity index (χ0) is 18.5. The number of fused-ring (bicyclic) bond motifs is 3. The first-order valence-electron chi connectivity index (χ1n) is 7.75. The van der Waals surface area contributed by atoms with E-state index in [2.05, 4.69) is 10.6 Å². The molecular weight excluding hydrogens is 342 g/mol. The number of hydrogen-bond acceptors (Lipinski definition) is 8. The maximum absolute atomic E-state index is 13.0. The summed E-state index contributed by atoms with van der Waals surface area (Å²) in [5.41, 5.74) is -1.29. The number of para-hydroxylation sites is 1. The molecule has 2 atom stereocenters. The maximum Gasteiger partial charge on any atom is 0.355 e. The van der Waals surface area contributed by atoms with Crippen LogP contribution in [0.5, 0.6) is 0 Å². The van der Waals surface area contributed by atoms with Crippen molar-refractivity contribution in [2.45, 2.75) is 12.0 Å². The SMILES string of the molecule is COC(=O)C1=C(C(=O)OC)C2(O[C@H]3NC=CN13)C(=O)Nc1ccccc12. The molecule has 3 aliphatic rings. The summed E-state index contributed by atoms with van der Waals surface area (Å²) in [6.07, 6.45) is 2.19. The number of esters is 2. The third kappa shape index (κ3) is 1.91. The van der Waals surface area contributed by atoms with Gasteiger partial charge in [0.2, 0.25) is 12.0 Å². The Morgan fingerprint density at radius 3 is 2.65 bits per heavy atom. The quantitative estimate of drug-likeness (QED) is 0.719. The predicted octanol–water partition coefficient (Wildman–Crippen LogP) is 0.124. The molecule has 9 heteroatoms. The predicted molar refractivity (Wildman–Crippen MR) is 86.8 cm³/mol. The summed E-state index contributed by atoms with van der Waals surface area (Å²) in [5.74, 6) is -2.24. The highest BCUT2D eigenvalue weighted by molar-refractivity contribution is 6.15. The lowest BCUT2D eigenvalue weighted by Gasteiger charge is -2.41. The molecule has 0 fully saturated rings. The lowest BCUT2D eigenvalue weighted by molar-refractivity contribution is -0.174. The minimum absolute atomic E-state index is 0.122. The van der Waals surface area contributed by atoms with Crippen molar-refractivity contribution in [2.75, 3.05) is 19.5 Å². The summed E-state index contributed by atoms with van der Waals surface area (Å²) in [6, 6.07) is 6.79. The summed E-state index contributed by atoms with van der Waals surface area (Å²) >= 11 is 0. The molecule has 0 saturated heterocycles. The van der Waals surface area contributed by atoms with Gasteiger partial charge in [-0.05, 0) is 6.07 Å². The van der Waals surface area contributed by atoms with Crippen LogP contribution < -0.4 is 10.6 Å². The number of rotatable bonds is 2. The molecule has 0 bridgehead atoms. The van der Waals surface area contributed by atoms with Crippen molar-refractivity contribution in [3.05, 3.63) is 53.5 Å². The van der Waals surface area contributed by atoms with E-state index >= 15 is 0 Å². The van der Waals surface area contributed by atoms with Gasteiger partial charge in [-0.3, -0.25) is 9.69 Å². The highest BCUT2D eigenvalue weighted by atomic mass is 16.6. The van der Waals surface area contributed by atoms with Gasteiger partial charge in [-0.15, -0.1) is 0 Å². The Hall–Kier alpha value is -3.33. The van der Waals surface area contributed by atoms with E-state index in [4.69, 9.17) is 14.2 Å². The van der Waals surface area contributed by atoms with Gasteiger partial charge in [0.15, 0.2) is 0 Å². The minimum atomic E-state index is -1.84. The molecule has 26 heavy (non-hydrogen) atoms. The number of amides is 1. The van der Waals surface area contributed by atoms with Crippen LogP contribution in [0.15, 0.2) is 47.9 Å². The second kappa shape index (κ2) is 5.60. The minimum Gasteiger partial charge on any atom is -0.465 e. The molecule has 1 spiro atoms. The molecule has 1 unspecified atom stereocenters. The number of nitrogens with zero attached hydrogens (tertiary/aromatic N) is 1. The van der Waals surface area contributed by atoms with Gasteiger partial charge < -0.3 is 24.8 Å². The van der Waals surface area contributed by atoms with Gasteiger partial charge in [0, 0.05) is 23.7 Å². The molecule has 2 N–H and O–H groups in total. The summed E-state index contributed by atoms with van der Waals surface area (Å²) < 4.78 is 15.8. The van der Waals surface area contributed by atoms with Crippen LogP contribution in [-0.2, 0) is 34.2 Å². The van der Waals surface area contributed by atoms with Crippen LogP contribution in [0.4, 0.5) is 5.69 Å². The van der Waals surface area contributed by atoms with Crippen molar-refractivity contribution in [3.8, 4) is 0 Å². The molecule has 0 aliphatic carbocycles. The number of ether oxygens (including phenoxy) is 3. The first-order valence-corrected chi connectivity index (χ1v) is 7.75. The van der Waals surface area contributed by atoms with E-state index < -0.39 is 29.8 Å². The Morgan fingerprint density at radius 1 is 1.19 bits per heavy atom. The number of carbonyl (C=O) groups excluding carboxylic acids is 3. The number of methoxy groups -OCH3 is 2. The smallest absolute Gasteiger partial charge is 0.355 e. The molecule has 0 saturated carbocycles. The normalized spacial score (nSPS) is 25.5. The maximum atomic E-state index is 13.0. The van der Waals surface area contributed by atoms with Crippen LogP contribution in [0.3, 0.4) is 0 Å². The van der Waals surface area contributed by atoms with E-state index in [1.165, 1.54) is 25.3 Å². The van der Waals surface area contributed by atoms with Crippen LogP contribution in [-0.4, -0.2) is 43.3 Å². The molecule has 1 amide bonds. The van der Waals surface area contributed by atoms with Gasteiger partial charge in [-0.25, -0.2) is 9.59 Å². The van der Waals surface area contributed by atoms with Gasteiger partial charge in [-0.1, -0.05) is 18.2 Å². The summed E-state index contributed by atoms with van der Waals surface area (Å²) in [5, 5.41) is 5.60. The lowest BCUT2D eigenvalue weighted by atomic mass is 9.84. The number of hydrogen-bond donors (Lipinski definition) is 2. The highest BCUT2D eigenvalue weighted by Gasteiger charge is 2.61. The fourth-order valence-corrected chi connectivity index (χ4v) is 3.41. The van der Waals surface area contributed by atoms with E-state index in [-0.39, 0.29) is 11.3 Å². The van der Waals surface area contributed by atoms with Crippen molar-refractivity contribution >= 4 is 23.5 Å². The van der Waals surface area contributed by atoms with Crippen molar-refractivity contribution in [1.82, 2.24) is 10.2 Å². The molecular formula is C17H15N3O6. The molecule has 1 aromatic rings. The fourth-order valence-electron chi connectivity index (χ4n) is 3.41. The van der Waals surface area contributed by atoms with Crippen molar-refractivity contribution in [2.24, 2.45) is 0 Å². The Balaban J connectivity index is 2.06. The second-order valence-electron chi connectivity index (χ2n) is 5.75. The van der Waals surface area contributed by atoms with Crippen LogP contribution in [0, 0.1) is 0 Å². The second-order valence-corrected chi connectivity index (χ2v) is 5.75. The van der Waals surface area contributed by atoms with E-state index in [0.29, 0.717) is 11.3 Å². The first-order chi connectivity index (χ1) is 12.5. The van der Waals surface area contributed by atoms with Crippen LogP contribution in [0.2, 0.25) is 0 Å². The Bertz CT molecular complexity index is 892. The third-order valence-corrected chi connectivity index (χ3v) is 4.50. The fraction of sp³-hybridized carbons (Fsp3) is 0.235. The van der Waals surface area contributed by atoms with Gasteiger partial charge in [-0.2, -0.15) is 0 Å².